The summed E-state index contributed by atoms with van der Waals surface area (Å²) in [6.07, 6.45) is 12.5. The summed E-state index contributed by atoms with van der Waals surface area (Å²) >= 11 is 0. The van der Waals surface area contributed by atoms with Crippen molar-refractivity contribution in [3.63, 3.8) is 0 Å². The molecule has 1 aliphatic carbocycles. The number of nitrogens with two attached hydrogens (primary N) is 1. The Morgan fingerprint density at radius 2 is 1.73 bits per heavy atom. The smallest absolute Gasteiger partial charge is 0.00204 e. The van der Waals surface area contributed by atoms with Gasteiger partial charge in [0, 0.05) is 0 Å². The van der Waals surface area contributed by atoms with Gasteiger partial charge in [0.15, 0.2) is 0 Å². The second-order valence-corrected chi connectivity index (χ2v) is 5.72. The molecule has 0 aromatic heterocycles. The molecule has 0 bridgehead atoms. The molecule has 1 atom stereocenters. The molecule has 1 rings (SSSR count). The van der Waals surface area contributed by atoms with Crippen molar-refractivity contribution in [3.05, 3.63) is 0 Å². The summed E-state index contributed by atoms with van der Waals surface area (Å²) in [5.74, 6) is 0.872. The molecular weight excluding hydrogens is 182 g/mol. The second-order valence-electron chi connectivity index (χ2n) is 5.72. The number of hydrogen-bond donors (Lipinski definition) is 1. The molecule has 0 radical (unpaired) electrons. The molecule has 1 saturated carbocycles. The lowest BCUT2D eigenvalue weighted by Crippen LogP contribution is -2.32. The third-order valence-electron chi connectivity index (χ3n) is 4.16. The molecule has 0 heterocycles. The first kappa shape index (κ1) is 13.0. The predicted octanol–water partition coefficient (Wildman–Crippen LogP) is 4.11. The van der Waals surface area contributed by atoms with Gasteiger partial charge in [0.1, 0.15) is 0 Å². The Kier molecular flexibility index (Phi) is 5.66. The number of hydrogen-bond acceptors (Lipinski definition) is 1. The standard InChI is InChI=1S/C14H29N/c1-3-8-13(2)11-14(12-15)9-6-4-5-7-10-14/h13H,3-12,15H2,1-2H3. The van der Waals surface area contributed by atoms with E-state index in [0.29, 0.717) is 5.41 Å². The Hall–Kier alpha value is -0.0400. The van der Waals surface area contributed by atoms with Gasteiger partial charge in [0.2, 0.25) is 0 Å². The summed E-state index contributed by atoms with van der Waals surface area (Å²) in [7, 11) is 0. The fourth-order valence-electron chi connectivity index (χ4n) is 3.30. The minimum Gasteiger partial charge on any atom is -0.330 e. The summed E-state index contributed by atoms with van der Waals surface area (Å²) in [4.78, 5) is 0. The summed E-state index contributed by atoms with van der Waals surface area (Å²) in [6, 6.07) is 0. The Balaban J connectivity index is 2.49. The van der Waals surface area contributed by atoms with Crippen LogP contribution in [0.15, 0.2) is 0 Å². The molecule has 1 unspecified atom stereocenters. The summed E-state index contributed by atoms with van der Waals surface area (Å²) in [5, 5.41) is 0. The monoisotopic (exact) mass is 211 g/mol. The zero-order chi connectivity index (χ0) is 11.1. The quantitative estimate of drug-likeness (QED) is 0.680. The molecular formula is C14H29N. The van der Waals surface area contributed by atoms with Gasteiger partial charge in [-0.05, 0) is 37.1 Å². The third kappa shape index (κ3) is 4.14. The maximum atomic E-state index is 6.05. The third-order valence-corrected chi connectivity index (χ3v) is 4.16. The molecule has 0 amide bonds. The van der Waals surface area contributed by atoms with Gasteiger partial charge in [-0.3, -0.25) is 0 Å². The van der Waals surface area contributed by atoms with Crippen molar-refractivity contribution in [2.75, 3.05) is 6.54 Å². The van der Waals surface area contributed by atoms with Crippen LogP contribution in [-0.2, 0) is 0 Å². The molecule has 0 aromatic rings. The van der Waals surface area contributed by atoms with E-state index in [-0.39, 0.29) is 0 Å². The van der Waals surface area contributed by atoms with E-state index >= 15 is 0 Å². The van der Waals surface area contributed by atoms with Gasteiger partial charge in [-0.2, -0.15) is 0 Å². The largest absolute Gasteiger partial charge is 0.330 e. The van der Waals surface area contributed by atoms with Gasteiger partial charge < -0.3 is 5.73 Å². The van der Waals surface area contributed by atoms with Crippen LogP contribution >= 0.6 is 0 Å². The fourth-order valence-corrected chi connectivity index (χ4v) is 3.30. The van der Waals surface area contributed by atoms with Crippen molar-refractivity contribution >= 4 is 0 Å². The van der Waals surface area contributed by atoms with Crippen LogP contribution in [0.1, 0.15) is 71.6 Å². The minimum absolute atomic E-state index is 0.505. The second kappa shape index (κ2) is 6.52. The molecule has 2 N–H and O–H groups in total. The van der Waals surface area contributed by atoms with Crippen LogP contribution in [0, 0.1) is 11.3 Å². The maximum absolute atomic E-state index is 6.05. The van der Waals surface area contributed by atoms with E-state index in [0.717, 1.165) is 12.5 Å². The lowest BCUT2D eigenvalue weighted by molar-refractivity contribution is 0.191. The molecule has 0 saturated heterocycles. The van der Waals surface area contributed by atoms with Gasteiger partial charge in [-0.15, -0.1) is 0 Å². The summed E-state index contributed by atoms with van der Waals surface area (Å²) in [6.45, 7) is 5.62. The van der Waals surface area contributed by atoms with E-state index in [2.05, 4.69) is 13.8 Å². The van der Waals surface area contributed by atoms with Crippen molar-refractivity contribution in [1.29, 1.82) is 0 Å². The van der Waals surface area contributed by atoms with Crippen molar-refractivity contribution in [3.8, 4) is 0 Å². The van der Waals surface area contributed by atoms with E-state index in [9.17, 15) is 0 Å². The molecule has 1 nitrogen and oxygen atoms in total. The van der Waals surface area contributed by atoms with Crippen molar-refractivity contribution in [2.24, 2.45) is 17.1 Å². The van der Waals surface area contributed by atoms with Crippen LogP contribution < -0.4 is 5.73 Å². The van der Waals surface area contributed by atoms with E-state index in [4.69, 9.17) is 5.73 Å². The van der Waals surface area contributed by atoms with E-state index in [1.807, 2.05) is 0 Å². The van der Waals surface area contributed by atoms with Crippen molar-refractivity contribution in [1.82, 2.24) is 0 Å². The van der Waals surface area contributed by atoms with Crippen LogP contribution in [0.4, 0.5) is 0 Å². The topological polar surface area (TPSA) is 26.0 Å². The highest BCUT2D eigenvalue weighted by Gasteiger charge is 2.30. The molecule has 90 valence electrons. The zero-order valence-corrected chi connectivity index (χ0v) is 10.7. The highest BCUT2D eigenvalue weighted by atomic mass is 14.6. The van der Waals surface area contributed by atoms with Gasteiger partial charge in [-0.25, -0.2) is 0 Å². The van der Waals surface area contributed by atoms with E-state index < -0.39 is 0 Å². The molecule has 0 spiro atoms. The molecule has 15 heavy (non-hydrogen) atoms. The lowest BCUT2D eigenvalue weighted by atomic mass is 9.73. The molecule has 1 aliphatic rings. The van der Waals surface area contributed by atoms with Crippen molar-refractivity contribution in [2.45, 2.75) is 71.6 Å². The molecule has 0 aromatic carbocycles. The van der Waals surface area contributed by atoms with Crippen LogP contribution in [0.25, 0.3) is 0 Å². The Morgan fingerprint density at radius 1 is 1.13 bits per heavy atom. The maximum Gasteiger partial charge on any atom is -0.00204 e. The first-order valence-corrected chi connectivity index (χ1v) is 6.92. The van der Waals surface area contributed by atoms with E-state index in [1.165, 1.54) is 57.8 Å². The summed E-state index contributed by atoms with van der Waals surface area (Å²) < 4.78 is 0. The average Bonchev–Trinajstić information content (AvgIpc) is 2.44. The van der Waals surface area contributed by atoms with Crippen LogP contribution in [-0.4, -0.2) is 6.54 Å². The fraction of sp³-hybridized carbons (Fsp3) is 1.00. The first-order chi connectivity index (χ1) is 7.22. The van der Waals surface area contributed by atoms with Gasteiger partial charge >= 0.3 is 0 Å². The zero-order valence-electron chi connectivity index (χ0n) is 10.7. The van der Waals surface area contributed by atoms with Gasteiger partial charge in [-0.1, -0.05) is 52.4 Å². The van der Waals surface area contributed by atoms with Gasteiger partial charge in [0.25, 0.3) is 0 Å². The normalized spacial score (nSPS) is 23.4. The number of rotatable bonds is 5. The Bertz CT molecular complexity index is 157. The van der Waals surface area contributed by atoms with Crippen LogP contribution in [0.3, 0.4) is 0 Å². The van der Waals surface area contributed by atoms with Crippen LogP contribution in [0.5, 0.6) is 0 Å². The van der Waals surface area contributed by atoms with Crippen LogP contribution in [0.2, 0.25) is 0 Å². The molecule has 0 aliphatic heterocycles. The first-order valence-electron chi connectivity index (χ1n) is 6.92. The lowest BCUT2D eigenvalue weighted by Gasteiger charge is -2.34. The SMILES string of the molecule is CCCC(C)CC1(CN)CCCCCC1. The molecule has 1 heteroatoms. The highest BCUT2D eigenvalue weighted by molar-refractivity contribution is 4.84. The minimum atomic E-state index is 0.505. The molecule has 1 fully saturated rings. The van der Waals surface area contributed by atoms with E-state index in [1.54, 1.807) is 0 Å². The summed E-state index contributed by atoms with van der Waals surface area (Å²) in [5.41, 5.74) is 6.56. The Morgan fingerprint density at radius 3 is 2.20 bits per heavy atom. The Labute approximate surface area is 95.8 Å². The van der Waals surface area contributed by atoms with Gasteiger partial charge in [0.05, 0.1) is 0 Å². The van der Waals surface area contributed by atoms with Crippen molar-refractivity contribution < 1.29 is 0 Å². The highest BCUT2D eigenvalue weighted by Crippen LogP contribution is 2.40. The average molecular weight is 211 g/mol. The predicted molar refractivity (Wildman–Crippen MR) is 67.9 cm³/mol.